The Morgan fingerprint density at radius 1 is 1.24 bits per heavy atom. The van der Waals surface area contributed by atoms with Crippen LogP contribution in [0.5, 0.6) is 0 Å². The van der Waals surface area contributed by atoms with Crippen LogP contribution in [0.2, 0.25) is 0 Å². The second kappa shape index (κ2) is 8.21. The molecule has 0 unspecified atom stereocenters. The third kappa shape index (κ3) is 5.04. The van der Waals surface area contributed by atoms with E-state index in [1.165, 1.54) is 5.56 Å². The van der Waals surface area contributed by atoms with Crippen molar-refractivity contribution in [2.75, 3.05) is 13.1 Å². The lowest BCUT2D eigenvalue weighted by Gasteiger charge is -2.07. The van der Waals surface area contributed by atoms with Gasteiger partial charge < -0.3 is 15.2 Å². The maximum Gasteiger partial charge on any atom is 0.221 e. The van der Waals surface area contributed by atoms with Crippen molar-refractivity contribution < 1.29 is 4.79 Å². The first-order chi connectivity index (χ1) is 10.3. The van der Waals surface area contributed by atoms with E-state index in [1.807, 2.05) is 17.7 Å². The summed E-state index contributed by atoms with van der Waals surface area (Å²) in [4.78, 5) is 15.5. The van der Waals surface area contributed by atoms with E-state index in [0.29, 0.717) is 13.0 Å². The summed E-state index contributed by atoms with van der Waals surface area (Å²) in [6, 6.07) is 8.29. The van der Waals surface area contributed by atoms with Crippen molar-refractivity contribution in [2.45, 2.75) is 26.3 Å². The van der Waals surface area contributed by atoms with Crippen LogP contribution in [-0.2, 0) is 11.3 Å². The molecule has 1 amide bonds. The van der Waals surface area contributed by atoms with Gasteiger partial charge in [-0.3, -0.25) is 4.79 Å². The number of rotatable bonds is 8. The fourth-order valence-corrected chi connectivity index (χ4v) is 1.99. The van der Waals surface area contributed by atoms with Crippen LogP contribution in [0, 0.1) is 0 Å². The monoisotopic (exact) mass is 286 g/mol. The topological polar surface area (TPSA) is 59.0 Å². The Hall–Kier alpha value is -2.14. The Bertz CT molecular complexity index is 534. The van der Waals surface area contributed by atoms with Crippen molar-refractivity contribution in [2.24, 2.45) is 0 Å². The van der Waals surface area contributed by atoms with E-state index in [9.17, 15) is 4.79 Å². The molecule has 5 nitrogen and oxygen atoms in total. The Kier molecular flexibility index (Phi) is 5.97. The number of amides is 1. The molecular formula is C16H22N4O. The molecule has 2 N–H and O–H groups in total. The standard InChI is InChI=1S/C16H22N4O/c1-2-8-19-16(21)7-9-17-12-14-3-5-15(6-4-14)20-11-10-18-13-20/h3-6,10-11,13,17H,2,7-9,12H2,1H3,(H,19,21). The van der Waals surface area contributed by atoms with Crippen LogP contribution in [0.1, 0.15) is 25.3 Å². The van der Waals surface area contributed by atoms with Gasteiger partial charge in [-0.15, -0.1) is 0 Å². The van der Waals surface area contributed by atoms with Gasteiger partial charge in [0.1, 0.15) is 0 Å². The minimum Gasteiger partial charge on any atom is -0.356 e. The molecule has 1 heterocycles. The summed E-state index contributed by atoms with van der Waals surface area (Å²) in [7, 11) is 0. The van der Waals surface area contributed by atoms with Gasteiger partial charge in [0.2, 0.25) is 5.91 Å². The molecule has 0 aliphatic carbocycles. The SMILES string of the molecule is CCCNC(=O)CCNCc1ccc(-n2ccnc2)cc1. The molecule has 0 spiro atoms. The molecule has 1 aromatic heterocycles. The van der Waals surface area contributed by atoms with E-state index in [-0.39, 0.29) is 5.91 Å². The molecule has 0 aliphatic heterocycles. The summed E-state index contributed by atoms with van der Waals surface area (Å²) >= 11 is 0. The van der Waals surface area contributed by atoms with Crippen molar-refractivity contribution in [3.63, 3.8) is 0 Å². The third-order valence-corrected chi connectivity index (χ3v) is 3.17. The summed E-state index contributed by atoms with van der Waals surface area (Å²) in [6.45, 7) is 4.27. The summed E-state index contributed by atoms with van der Waals surface area (Å²) in [5.41, 5.74) is 2.29. The second-order valence-corrected chi connectivity index (χ2v) is 4.91. The molecule has 0 aliphatic rings. The maximum absolute atomic E-state index is 11.4. The minimum atomic E-state index is 0.111. The number of imidazole rings is 1. The highest BCUT2D eigenvalue weighted by Crippen LogP contribution is 2.08. The first-order valence-corrected chi connectivity index (χ1v) is 7.34. The largest absolute Gasteiger partial charge is 0.356 e. The number of carbonyl (C=O) groups excluding carboxylic acids is 1. The highest BCUT2D eigenvalue weighted by molar-refractivity contribution is 5.75. The molecule has 112 valence electrons. The molecule has 2 rings (SSSR count). The van der Waals surface area contributed by atoms with E-state index in [0.717, 1.165) is 25.2 Å². The van der Waals surface area contributed by atoms with Crippen LogP contribution in [-0.4, -0.2) is 28.5 Å². The van der Waals surface area contributed by atoms with Crippen LogP contribution in [0.25, 0.3) is 5.69 Å². The van der Waals surface area contributed by atoms with Crippen molar-refractivity contribution >= 4 is 5.91 Å². The number of hydrogen-bond acceptors (Lipinski definition) is 3. The average Bonchev–Trinajstić information content (AvgIpc) is 3.04. The van der Waals surface area contributed by atoms with Gasteiger partial charge in [-0.1, -0.05) is 19.1 Å². The van der Waals surface area contributed by atoms with Gasteiger partial charge in [0.05, 0.1) is 6.33 Å². The average molecular weight is 286 g/mol. The van der Waals surface area contributed by atoms with Gasteiger partial charge in [0, 0.05) is 44.1 Å². The van der Waals surface area contributed by atoms with Crippen molar-refractivity contribution in [3.05, 3.63) is 48.5 Å². The van der Waals surface area contributed by atoms with Gasteiger partial charge in [-0.25, -0.2) is 4.98 Å². The van der Waals surface area contributed by atoms with E-state index < -0.39 is 0 Å². The minimum absolute atomic E-state index is 0.111. The van der Waals surface area contributed by atoms with Crippen molar-refractivity contribution in [1.29, 1.82) is 0 Å². The van der Waals surface area contributed by atoms with Crippen LogP contribution < -0.4 is 10.6 Å². The number of carbonyl (C=O) groups is 1. The lowest BCUT2D eigenvalue weighted by Crippen LogP contribution is -2.28. The van der Waals surface area contributed by atoms with E-state index in [1.54, 1.807) is 12.5 Å². The molecule has 0 radical (unpaired) electrons. The van der Waals surface area contributed by atoms with Crippen LogP contribution >= 0.6 is 0 Å². The van der Waals surface area contributed by atoms with E-state index in [4.69, 9.17) is 0 Å². The zero-order chi connectivity index (χ0) is 14.9. The Balaban J connectivity index is 1.71. The molecule has 0 atom stereocenters. The van der Waals surface area contributed by atoms with E-state index >= 15 is 0 Å². The highest BCUT2D eigenvalue weighted by atomic mass is 16.1. The van der Waals surface area contributed by atoms with Gasteiger partial charge in [0.25, 0.3) is 0 Å². The first kappa shape index (κ1) is 15.3. The zero-order valence-corrected chi connectivity index (χ0v) is 12.4. The molecule has 0 saturated carbocycles. The lowest BCUT2D eigenvalue weighted by atomic mass is 10.2. The quantitative estimate of drug-likeness (QED) is 0.728. The molecular weight excluding hydrogens is 264 g/mol. The highest BCUT2D eigenvalue weighted by Gasteiger charge is 2.00. The normalized spacial score (nSPS) is 10.5. The van der Waals surface area contributed by atoms with Crippen LogP contribution in [0.15, 0.2) is 43.0 Å². The smallest absolute Gasteiger partial charge is 0.221 e. The number of nitrogens with one attached hydrogen (secondary N) is 2. The van der Waals surface area contributed by atoms with E-state index in [2.05, 4.69) is 39.9 Å². The summed E-state index contributed by atoms with van der Waals surface area (Å²) in [6.07, 6.45) is 6.96. The van der Waals surface area contributed by atoms with Gasteiger partial charge in [-0.05, 0) is 24.1 Å². The fraction of sp³-hybridized carbons (Fsp3) is 0.375. The van der Waals surface area contributed by atoms with Crippen molar-refractivity contribution in [3.8, 4) is 5.69 Å². The van der Waals surface area contributed by atoms with Gasteiger partial charge >= 0.3 is 0 Å². The van der Waals surface area contributed by atoms with Gasteiger partial charge in [-0.2, -0.15) is 0 Å². The fourth-order valence-electron chi connectivity index (χ4n) is 1.99. The van der Waals surface area contributed by atoms with Crippen LogP contribution in [0.4, 0.5) is 0 Å². The number of nitrogens with zero attached hydrogens (tertiary/aromatic N) is 2. The number of hydrogen-bond donors (Lipinski definition) is 2. The molecule has 0 fully saturated rings. The number of aromatic nitrogens is 2. The van der Waals surface area contributed by atoms with Crippen molar-refractivity contribution in [1.82, 2.24) is 20.2 Å². The molecule has 0 saturated heterocycles. The lowest BCUT2D eigenvalue weighted by molar-refractivity contribution is -0.120. The molecule has 2 aromatic rings. The zero-order valence-electron chi connectivity index (χ0n) is 12.4. The molecule has 1 aromatic carbocycles. The summed E-state index contributed by atoms with van der Waals surface area (Å²) in [5, 5.41) is 6.15. The molecule has 5 heteroatoms. The predicted octanol–water partition coefficient (Wildman–Crippen LogP) is 1.88. The maximum atomic E-state index is 11.4. The Morgan fingerprint density at radius 3 is 2.71 bits per heavy atom. The number of benzene rings is 1. The first-order valence-electron chi connectivity index (χ1n) is 7.34. The Labute approximate surface area is 125 Å². The Morgan fingerprint density at radius 2 is 2.05 bits per heavy atom. The predicted molar refractivity (Wildman–Crippen MR) is 83.2 cm³/mol. The summed E-state index contributed by atoms with van der Waals surface area (Å²) in [5.74, 6) is 0.111. The second-order valence-electron chi connectivity index (χ2n) is 4.91. The molecule has 0 bridgehead atoms. The summed E-state index contributed by atoms with van der Waals surface area (Å²) < 4.78 is 1.97. The third-order valence-electron chi connectivity index (χ3n) is 3.17. The molecule has 21 heavy (non-hydrogen) atoms. The van der Waals surface area contributed by atoms with Crippen LogP contribution in [0.3, 0.4) is 0 Å². The van der Waals surface area contributed by atoms with Gasteiger partial charge in [0.15, 0.2) is 0 Å².